The van der Waals surface area contributed by atoms with Crippen LogP contribution >= 0.6 is 0 Å². The van der Waals surface area contributed by atoms with E-state index < -0.39 is 10.0 Å². The normalized spacial score (nSPS) is 42.3. The highest BCUT2D eigenvalue weighted by molar-refractivity contribution is 7.89. The maximum absolute atomic E-state index is 12.4. The average molecular weight is 286 g/mol. The monoisotopic (exact) mass is 286 g/mol. The van der Waals surface area contributed by atoms with Crippen LogP contribution in [-0.4, -0.2) is 44.0 Å². The van der Waals surface area contributed by atoms with Crippen LogP contribution in [0.15, 0.2) is 0 Å². The second-order valence-corrected chi connectivity index (χ2v) is 8.76. The van der Waals surface area contributed by atoms with E-state index in [0.717, 1.165) is 19.3 Å². The van der Waals surface area contributed by atoms with Crippen LogP contribution in [0.2, 0.25) is 0 Å². The number of rotatable bonds is 2. The van der Waals surface area contributed by atoms with Crippen LogP contribution in [0.3, 0.4) is 0 Å². The molecule has 3 atom stereocenters. The highest BCUT2D eigenvalue weighted by Gasteiger charge is 2.71. The standard InChI is InChI=1S/C13H22N2O3S/c1-12(2)9-4-5-13(12)8-19(17,18)15(10(13)6-9)7-11(16)14-3/h9-10H,4-8H2,1-3H3,(H,14,16)/t9-,10-,13+/m1/s1. The van der Waals surface area contributed by atoms with Crippen molar-refractivity contribution in [1.29, 1.82) is 0 Å². The molecule has 0 radical (unpaired) electrons. The maximum Gasteiger partial charge on any atom is 0.235 e. The van der Waals surface area contributed by atoms with E-state index in [4.69, 9.17) is 0 Å². The fourth-order valence-corrected chi connectivity index (χ4v) is 7.32. The quantitative estimate of drug-likeness (QED) is 0.807. The molecule has 3 rings (SSSR count). The zero-order valence-corrected chi connectivity index (χ0v) is 12.6. The first kappa shape index (κ1) is 13.4. The summed E-state index contributed by atoms with van der Waals surface area (Å²) in [4.78, 5) is 11.6. The van der Waals surface area contributed by atoms with E-state index in [0.29, 0.717) is 5.92 Å². The minimum atomic E-state index is -3.29. The van der Waals surface area contributed by atoms with Gasteiger partial charge in [0.2, 0.25) is 15.9 Å². The molecule has 108 valence electrons. The smallest absolute Gasteiger partial charge is 0.235 e. The molecule has 1 saturated heterocycles. The molecule has 5 nitrogen and oxygen atoms in total. The summed E-state index contributed by atoms with van der Waals surface area (Å²) in [5.41, 5.74) is -0.0628. The predicted molar refractivity (Wildman–Crippen MR) is 71.9 cm³/mol. The lowest BCUT2D eigenvalue weighted by Gasteiger charge is -2.37. The van der Waals surface area contributed by atoms with Gasteiger partial charge in [0.25, 0.3) is 0 Å². The van der Waals surface area contributed by atoms with Crippen molar-refractivity contribution in [3.8, 4) is 0 Å². The first-order chi connectivity index (χ1) is 8.74. The van der Waals surface area contributed by atoms with Gasteiger partial charge in [0.15, 0.2) is 0 Å². The Balaban J connectivity index is 1.99. The Morgan fingerprint density at radius 3 is 2.68 bits per heavy atom. The fourth-order valence-electron chi connectivity index (χ4n) is 4.80. The second-order valence-electron chi connectivity index (χ2n) is 6.84. The summed E-state index contributed by atoms with van der Waals surface area (Å²) in [5.74, 6) is 0.604. The predicted octanol–water partition coefficient (Wildman–Crippen LogP) is 0.573. The van der Waals surface area contributed by atoms with Gasteiger partial charge < -0.3 is 5.32 Å². The third-order valence-corrected chi connectivity index (χ3v) is 8.09. The number of nitrogens with one attached hydrogen (secondary N) is 1. The molecule has 2 bridgehead atoms. The van der Waals surface area contributed by atoms with Crippen molar-refractivity contribution >= 4 is 15.9 Å². The van der Waals surface area contributed by atoms with E-state index in [1.54, 1.807) is 7.05 Å². The van der Waals surface area contributed by atoms with Gasteiger partial charge in [0, 0.05) is 18.5 Å². The number of sulfonamides is 1. The molecule has 1 aliphatic heterocycles. The SMILES string of the molecule is CNC(=O)CN1[C@@H]2C[C@H]3CC[C@@]2(CS1(=O)=O)C3(C)C. The van der Waals surface area contributed by atoms with Crippen molar-refractivity contribution in [3.63, 3.8) is 0 Å². The third-order valence-electron chi connectivity index (χ3n) is 6.11. The first-order valence-corrected chi connectivity index (χ1v) is 8.56. The van der Waals surface area contributed by atoms with Gasteiger partial charge in [-0.15, -0.1) is 0 Å². The van der Waals surface area contributed by atoms with E-state index in [9.17, 15) is 13.2 Å². The van der Waals surface area contributed by atoms with Crippen molar-refractivity contribution in [2.24, 2.45) is 16.7 Å². The zero-order chi connectivity index (χ0) is 14.1. The molecule has 0 aromatic heterocycles. The van der Waals surface area contributed by atoms with Crippen LogP contribution in [0.25, 0.3) is 0 Å². The number of nitrogens with zero attached hydrogens (tertiary/aromatic N) is 1. The van der Waals surface area contributed by atoms with Crippen LogP contribution in [0, 0.1) is 16.7 Å². The van der Waals surface area contributed by atoms with E-state index in [1.807, 2.05) is 0 Å². The summed E-state index contributed by atoms with van der Waals surface area (Å²) in [7, 11) is -1.75. The summed E-state index contributed by atoms with van der Waals surface area (Å²) in [6, 6.07) is 0.0311. The summed E-state index contributed by atoms with van der Waals surface area (Å²) >= 11 is 0. The Bertz CT molecular complexity index is 528. The topological polar surface area (TPSA) is 66.5 Å². The van der Waals surface area contributed by atoms with Crippen LogP contribution in [0.1, 0.15) is 33.1 Å². The largest absolute Gasteiger partial charge is 0.358 e. The Labute approximate surface area is 114 Å². The van der Waals surface area contributed by atoms with Gasteiger partial charge >= 0.3 is 0 Å². The molecular formula is C13H22N2O3S. The minimum Gasteiger partial charge on any atom is -0.358 e. The van der Waals surface area contributed by atoms with Crippen LogP contribution in [0.5, 0.6) is 0 Å². The Morgan fingerprint density at radius 1 is 1.42 bits per heavy atom. The lowest BCUT2D eigenvalue weighted by molar-refractivity contribution is -0.121. The molecule has 1 spiro atoms. The molecule has 6 heteroatoms. The molecule has 3 fully saturated rings. The summed E-state index contributed by atoms with van der Waals surface area (Å²) in [6.07, 6.45) is 3.04. The molecule has 2 aliphatic carbocycles. The summed E-state index contributed by atoms with van der Waals surface area (Å²) in [6.45, 7) is 4.40. The van der Waals surface area contributed by atoms with E-state index in [-0.39, 0.29) is 35.1 Å². The van der Waals surface area contributed by atoms with Crippen molar-refractivity contribution < 1.29 is 13.2 Å². The molecule has 1 N–H and O–H groups in total. The van der Waals surface area contributed by atoms with Gasteiger partial charge in [-0.2, -0.15) is 4.31 Å². The van der Waals surface area contributed by atoms with Crippen molar-refractivity contribution in [1.82, 2.24) is 9.62 Å². The molecule has 1 heterocycles. The lowest BCUT2D eigenvalue weighted by atomic mass is 9.69. The summed E-state index contributed by atoms with van der Waals surface area (Å²) < 4.78 is 26.4. The van der Waals surface area contributed by atoms with Crippen molar-refractivity contribution in [3.05, 3.63) is 0 Å². The molecule has 0 unspecified atom stereocenters. The molecular weight excluding hydrogens is 264 g/mol. The molecule has 2 saturated carbocycles. The Kier molecular flexibility index (Phi) is 2.62. The maximum atomic E-state index is 12.4. The van der Waals surface area contributed by atoms with E-state index in [2.05, 4.69) is 19.2 Å². The van der Waals surface area contributed by atoms with Gasteiger partial charge in [0.05, 0.1) is 12.3 Å². The fraction of sp³-hybridized carbons (Fsp3) is 0.923. The Hall–Kier alpha value is -0.620. The first-order valence-electron chi connectivity index (χ1n) is 6.95. The number of hydrogen-bond acceptors (Lipinski definition) is 3. The number of fused-ring (bicyclic) bond motifs is 1. The summed E-state index contributed by atoms with van der Waals surface area (Å²) in [5, 5.41) is 2.53. The minimum absolute atomic E-state index is 0.0198. The number of carbonyl (C=O) groups excluding carboxylic acids is 1. The average Bonchev–Trinajstić information content (AvgIpc) is 2.78. The highest BCUT2D eigenvalue weighted by atomic mass is 32.2. The van der Waals surface area contributed by atoms with E-state index in [1.165, 1.54) is 4.31 Å². The zero-order valence-electron chi connectivity index (χ0n) is 11.8. The van der Waals surface area contributed by atoms with Crippen LogP contribution < -0.4 is 5.32 Å². The van der Waals surface area contributed by atoms with Gasteiger partial charge in [-0.25, -0.2) is 8.42 Å². The number of hydrogen-bond donors (Lipinski definition) is 1. The van der Waals surface area contributed by atoms with Gasteiger partial charge in [-0.05, 0) is 30.6 Å². The number of amides is 1. The number of carbonyl (C=O) groups is 1. The van der Waals surface area contributed by atoms with Crippen LogP contribution in [-0.2, 0) is 14.8 Å². The third kappa shape index (κ3) is 1.50. The van der Waals surface area contributed by atoms with Gasteiger partial charge in [0.1, 0.15) is 0 Å². The van der Waals surface area contributed by atoms with Gasteiger partial charge in [-0.3, -0.25) is 4.79 Å². The second kappa shape index (κ2) is 3.73. The van der Waals surface area contributed by atoms with Gasteiger partial charge in [-0.1, -0.05) is 13.8 Å². The van der Waals surface area contributed by atoms with E-state index >= 15 is 0 Å². The molecule has 3 aliphatic rings. The molecule has 0 aromatic rings. The highest BCUT2D eigenvalue weighted by Crippen LogP contribution is 2.69. The van der Waals surface area contributed by atoms with Crippen LogP contribution in [0.4, 0.5) is 0 Å². The Morgan fingerprint density at radius 2 is 2.11 bits per heavy atom. The molecule has 19 heavy (non-hydrogen) atoms. The van der Waals surface area contributed by atoms with Crippen molar-refractivity contribution in [2.45, 2.75) is 39.2 Å². The molecule has 1 amide bonds. The lowest BCUT2D eigenvalue weighted by Crippen LogP contribution is -2.45. The molecule has 0 aromatic carbocycles. The van der Waals surface area contributed by atoms with Crippen molar-refractivity contribution in [2.75, 3.05) is 19.3 Å². The number of likely N-dealkylation sites (N-methyl/N-ethyl adjacent to an activating group) is 1.